The van der Waals surface area contributed by atoms with Gasteiger partial charge in [-0.1, -0.05) is 42.5 Å². The second-order valence-corrected chi connectivity index (χ2v) is 6.45. The minimum Gasteiger partial charge on any atom is -0.545 e. The number of rotatable bonds is 4. The molecule has 130 valence electrons. The molecule has 1 heterocycles. The summed E-state index contributed by atoms with van der Waals surface area (Å²) in [6, 6.07) is 16.9. The first-order chi connectivity index (χ1) is 12.1. The molecular weight excluding hydrogens is 316 g/mol. The van der Waals surface area contributed by atoms with Crippen molar-refractivity contribution in [3.8, 4) is 0 Å². The highest BCUT2D eigenvalue weighted by atomic mass is 16.4. The quantitative estimate of drug-likeness (QED) is 0.863. The molecule has 1 saturated heterocycles. The smallest absolute Gasteiger partial charge is 0.254 e. The van der Waals surface area contributed by atoms with Crippen molar-refractivity contribution in [3.63, 3.8) is 0 Å². The third kappa shape index (κ3) is 3.88. The first kappa shape index (κ1) is 17.2. The van der Waals surface area contributed by atoms with Crippen molar-refractivity contribution in [2.75, 3.05) is 26.2 Å². The Hall–Kier alpha value is -2.66. The van der Waals surface area contributed by atoms with Crippen molar-refractivity contribution in [1.82, 2.24) is 4.90 Å². The Morgan fingerprint density at radius 3 is 2.28 bits per heavy atom. The summed E-state index contributed by atoms with van der Waals surface area (Å²) in [5, 5.41) is 11.0. The molecule has 1 aliphatic heterocycles. The lowest BCUT2D eigenvalue weighted by Gasteiger charge is -2.35. The molecule has 1 amide bonds. The number of hydrogen-bond acceptors (Lipinski definition) is 3. The molecular formula is C20H22N2O3. The Morgan fingerprint density at radius 1 is 1.00 bits per heavy atom. The highest BCUT2D eigenvalue weighted by molar-refractivity contribution is 5.97. The molecule has 0 unspecified atom stereocenters. The topological polar surface area (TPSA) is 64.9 Å². The second-order valence-electron chi connectivity index (χ2n) is 6.45. The van der Waals surface area contributed by atoms with Crippen LogP contribution in [0, 0.1) is 0 Å². The molecule has 3 rings (SSSR count). The molecule has 25 heavy (non-hydrogen) atoms. The molecule has 0 aliphatic carbocycles. The highest BCUT2D eigenvalue weighted by Gasteiger charge is 2.28. The number of carbonyl (C=O) groups is 2. The fraction of sp³-hybridized carbons (Fsp3) is 0.300. The summed E-state index contributed by atoms with van der Waals surface area (Å²) in [5.74, 6) is -1.38. The van der Waals surface area contributed by atoms with Crippen molar-refractivity contribution >= 4 is 11.9 Å². The van der Waals surface area contributed by atoms with Gasteiger partial charge in [0.05, 0.1) is 32.1 Å². The van der Waals surface area contributed by atoms with Gasteiger partial charge in [0, 0.05) is 11.1 Å². The number of benzene rings is 2. The molecule has 1 N–H and O–H groups in total. The summed E-state index contributed by atoms with van der Waals surface area (Å²) in [4.78, 5) is 26.8. The zero-order valence-corrected chi connectivity index (χ0v) is 14.3. The Bertz CT molecular complexity index is 753. The normalized spacial score (nSPS) is 16.4. The lowest BCUT2D eigenvalue weighted by molar-refractivity contribution is -0.933. The molecule has 0 bridgehead atoms. The molecule has 0 saturated carbocycles. The number of carbonyl (C=O) groups excluding carboxylic acids is 2. The van der Waals surface area contributed by atoms with E-state index in [2.05, 4.69) is 31.2 Å². The van der Waals surface area contributed by atoms with Crippen molar-refractivity contribution in [2.45, 2.75) is 13.0 Å². The van der Waals surface area contributed by atoms with Crippen LogP contribution in [0.3, 0.4) is 0 Å². The Kier molecular flexibility index (Phi) is 5.14. The van der Waals surface area contributed by atoms with E-state index in [9.17, 15) is 14.7 Å². The monoisotopic (exact) mass is 338 g/mol. The number of quaternary nitrogens is 1. The molecule has 5 nitrogen and oxygen atoms in total. The van der Waals surface area contributed by atoms with Crippen LogP contribution in [-0.4, -0.2) is 43.0 Å². The van der Waals surface area contributed by atoms with E-state index in [1.807, 2.05) is 6.07 Å². The molecule has 0 radical (unpaired) electrons. The fourth-order valence-electron chi connectivity index (χ4n) is 3.37. The number of nitrogens with zero attached hydrogens (tertiary/aromatic N) is 1. The second kappa shape index (κ2) is 7.49. The van der Waals surface area contributed by atoms with Gasteiger partial charge in [0.2, 0.25) is 0 Å². The van der Waals surface area contributed by atoms with Crippen LogP contribution >= 0.6 is 0 Å². The Labute approximate surface area is 147 Å². The number of aromatic carboxylic acids is 1. The van der Waals surface area contributed by atoms with Gasteiger partial charge < -0.3 is 19.7 Å². The van der Waals surface area contributed by atoms with Crippen molar-refractivity contribution in [3.05, 3.63) is 71.3 Å². The molecule has 0 aromatic heterocycles. The first-order valence-electron chi connectivity index (χ1n) is 8.56. The zero-order valence-electron chi connectivity index (χ0n) is 14.3. The Morgan fingerprint density at radius 2 is 1.64 bits per heavy atom. The minimum atomic E-state index is -1.26. The van der Waals surface area contributed by atoms with Gasteiger partial charge in [0.1, 0.15) is 6.04 Å². The fourth-order valence-corrected chi connectivity index (χ4v) is 3.37. The number of carboxylic acids is 1. The molecule has 5 heteroatoms. The zero-order chi connectivity index (χ0) is 17.8. The van der Waals surface area contributed by atoms with E-state index in [1.54, 1.807) is 17.0 Å². The lowest BCUT2D eigenvalue weighted by atomic mass is 10.1. The Balaban J connectivity index is 1.63. The van der Waals surface area contributed by atoms with Gasteiger partial charge in [-0.05, 0) is 24.6 Å². The average molecular weight is 338 g/mol. The van der Waals surface area contributed by atoms with E-state index in [-0.39, 0.29) is 11.5 Å². The molecule has 1 fully saturated rings. The number of carboxylic acid groups (broad SMARTS) is 1. The van der Waals surface area contributed by atoms with Crippen LogP contribution in [0.5, 0.6) is 0 Å². The number of piperazine rings is 1. The molecule has 0 spiro atoms. The molecule has 2 aromatic carbocycles. The number of hydrogen-bond donors (Lipinski definition) is 1. The van der Waals surface area contributed by atoms with Gasteiger partial charge in [-0.15, -0.1) is 0 Å². The van der Waals surface area contributed by atoms with E-state index < -0.39 is 5.97 Å². The minimum absolute atomic E-state index is 0.0350. The van der Waals surface area contributed by atoms with E-state index in [4.69, 9.17) is 0 Å². The van der Waals surface area contributed by atoms with E-state index >= 15 is 0 Å². The van der Waals surface area contributed by atoms with Gasteiger partial charge in [0.25, 0.3) is 5.91 Å². The molecule has 1 aliphatic rings. The van der Waals surface area contributed by atoms with Crippen LogP contribution < -0.4 is 10.0 Å². The maximum atomic E-state index is 12.6. The summed E-state index contributed by atoms with van der Waals surface area (Å²) in [5.41, 5.74) is 1.74. The third-order valence-corrected chi connectivity index (χ3v) is 4.95. The van der Waals surface area contributed by atoms with Gasteiger partial charge in [-0.3, -0.25) is 4.79 Å². The van der Waals surface area contributed by atoms with Crippen LogP contribution in [0.4, 0.5) is 0 Å². The molecule has 2 aromatic rings. The highest BCUT2D eigenvalue weighted by Crippen LogP contribution is 2.11. The van der Waals surface area contributed by atoms with Crippen LogP contribution in [-0.2, 0) is 0 Å². The largest absolute Gasteiger partial charge is 0.545 e. The van der Waals surface area contributed by atoms with Gasteiger partial charge in [-0.25, -0.2) is 0 Å². The third-order valence-electron chi connectivity index (χ3n) is 4.95. The maximum Gasteiger partial charge on any atom is 0.254 e. The summed E-state index contributed by atoms with van der Waals surface area (Å²) in [6.45, 7) is 5.30. The lowest BCUT2D eigenvalue weighted by Crippen LogP contribution is -3.14. The van der Waals surface area contributed by atoms with E-state index in [0.29, 0.717) is 24.7 Å². The van der Waals surface area contributed by atoms with Gasteiger partial charge in [0.15, 0.2) is 0 Å². The predicted molar refractivity (Wildman–Crippen MR) is 92.2 cm³/mol. The van der Waals surface area contributed by atoms with E-state index in [0.717, 1.165) is 13.1 Å². The number of amides is 1. The summed E-state index contributed by atoms with van der Waals surface area (Å²) in [7, 11) is 0. The van der Waals surface area contributed by atoms with Crippen LogP contribution in [0.15, 0.2) is 54.6 Å². The summed E-state index contributed by atoms with van der Waals surface area (Å²) < 4.78 is 0. The van der Waals surface area contributed by atoms with E-state index in [1.165, 1.54) is 22.6 Å². The van der Waals surface area contributed by atoms with Crippen LogP contribution in [0.1, 0.15) is 39.2 Å². The van der Waals surface area contributed by atoms with Crippen LogP contribution in [0.25, 0.3) is 0 Å². The van der Waals surface area contributed by atoms with Crippen LogP contribution in [0.2, 0.25) is 0 Å². The van der Waals surface area contributed by atoms with Crippen molar-refractivity contribution in [1.29, 1.82) is 0 Å². The predicted octanol–water partition coefficient (Wildman–Crippen LogP) is 0.152. The first-order valence-corrected chi connectivity index (χ1v) is 8.56. The molecule has 1 atom stereocenters. The SMILES string of the molecule is C[C@@H](c1ccccc1)[NH+]1CCN(C(=O)c2cccc(C(=O)[O-])c2)CC1. The average Bonchev–Trinajstić information content (AvgIpc) is 2.67. The van der Waals surface area contributed by atoms with Crippen molar-refractivity contribution in [2.24, 2.45) is 0 Å². The summed E-state index contributed by atoms with van der Waals surface area (Å²) >= 11 is 0. The standard InChI is InChI=1S/C20H22N2O3/c1-15(16-6-3-2-4-7-16)21-10-12-22(13-11-21)19(23)17-8-5-9-18(14-17)20(24)25/h2-9,14-15H,10-13H2,1H3,(H,24,25)/t15-/m0/s1. The van der Waals surface area contributed by atoms with Gasteiger partial charge >= 0.3 is 0 Å². The van der Waals surface area contributed by atoms with Gasteiger partial charge in [-0.2, -0.15) is 0 Å². The number of nitrogens with one attached hydrogen (secondary N) is 1. The maximum absolute atomic E-state index is 12.6. The summed E-state index contributed by atoms with van der Waals surface area (Å²) in [6.07, 6.45) is 0. The van der Waals surface area contributed by atoms with Crippen molar-refractivity contribution < 1.29 is 19.6 Å².